The van der Waals surface area contributed by atoms with Gasteiger partial charge in [-0.1, -0.05) is 41.5 Å². The van der Waals surface area contributed by atoms with Crippen LogP contribution in [0.2, 0.25) is 0 Å². The third-order valence-electron chi connectivity index (χ3n) is 3.42. The van der Waals surface area contributed by atoms with Crippen molar-refractivity contribution in [2.75, 3.05) is 11.5 Å². The lowest BCUT2D eigenvalue weighted by molar-refractivity contribution is 0.406. The lowest BCUT2D eigenvalue weighted by atomic mass is 10.0. The molecule has 5 nitrogen and oxygen atoms in total. The van der Waals surface area contributed by atoms with Gasteiger partial charge in [-0.05, 0) is 23.7 Å². The molecule has 7 heteroatoms. The molecule has 0 aliphatic carbocycles. The Kier molecular flexibility index (Phi) is 6.99. The number of hydrogen-bond acceptors (Lipinski definition) is 5. The van der Waals surface area contributed by atoms with E-state index >= 15 is 0 Å². The van der Waals surface area contributed by atoms with Crippen molar-refractivity contribution in [2.45, 2.75) is 41.5 Å². The highest BCUT2D eigenvalue weighted by Gasteiger charge is 2.28. The first-order valence-corrected chi connectivity index (χ1v) is 9.68. The molecule has 2 unspecified atom stereocenters. The molecule has 0 aromatic heterocycles. The van der Waals surface area contributed by atoms with Gasteiger partial charge >= 0.3 is 0 Å². The van der Waals surface area contributed by atoms with E-state index in [1.54, 1.807) is 13.8 Å². The molecule has 0 amide bonds. The van der Waals surface area contributed by atoms with Gasteiger partial charge < -0.3 is 0 Å². The number of rotatable bonds is 8. The molecule has 0 aromatic carbocycles. The Hall–Kier alpha value is -0.140. The molecule has 0 saturated carbocycles. The smallest absolute Gasteiger partial charge is 0.198 e. The van der Waals surface area contributed by atoms with Crippen molar-refractivity contribution >= 4 is 20.2 Å². The molecule has 0 rings (SSSR count). The van der Waals surface area contributed by atoms with Gasteiger partial charge in [-0.2, -0.15) is 16.8 Å². The first-order chi connectivity index (χ1) is 8.36. The summed E-state index contributed by atoms with van der Waals surface area (Å²) in [4.78, 5) is 0. The van der Waals surface area contributed by atoms with E-state index in [-0.39, 0.29) is 35.2 Å². The summed E-state index contributed by atoms with van der Waals surface area (Å²) in [6.07, 6.45) is 0. The minimum Gasteiger partial charge on any atom is -0.198 e. The molecule has 0 N–H and O–H groups in total. The van der Waals surface area contributed by atoms with E-state index in [0.29, 0.717) is 0 Å². The van der Waals surface area contributed by atoms with Gasteiger partial charge in [-0.3, -0.25) is 0 Å². The Morgan fingerprint density at radius 1 is 0.684 bits per heavy atom. The van der Waals surface area contributed by atoms with Crippen LogP contribution in [0.5, 0.6) is 0 Å². The highest BCUT2D eigenvalue weighted by atomic mass is 32.3. The third kappa shape index (κ3) is 7.89. The van der Waals surface area contributed by atoms with E-state index < -0.39 is 20.2 Å². The van der Waals surface area contributed by atoms with Gasteiger partial charge in [0.2, 0.25) is 0 Å². The van der Waals surface area contributed by atoms with Crippen LogP contribution in [0, 0.1) is 23.7 Å². The lowest BCUT2D eigenvalue weighted by Gasteiger charge is -2.17. The predicted octanol–water partition coefficient (Wildman–Crippen LogP) is 2.25. The van der Waals surface area contributed by atoms with Crippen molar-refractivity contribution in [1.82, 2.24) is 0 Å². The fourth-order valence-electron chi connectivity index (χ4n) is 1.24. The van der Waals surface area contributed by atoms with E-state index in [4.69, 9.17) is 0 Å². The Balaban J connectivity index is 4.74. The molecule has 0 aliphatic heterocycles. The van der Waals surface area contributed by atoms with Gasteiger partial charge in [0, 0.05) is 0 Å². The fraction of sp³-hybridized carbons (Fsp3) is 1.00. The molecule has 19 heavy (non-hydrogen) atoms. The average Bonchev–Trinajstić information content (AvgIpc) is 2.13. The van der Waals surface area contributed by atoms with Crippen LogP contribution in [0.25, 0.3) is 0 Å². The summed E-state index contributed by atoms with van der Waals surface area (Å²) in [5.74, 6) is -0.559. The molecule has 0 radical (unpaired) electrons. The highest BCUT2D eigenvalue weighted by Crippen LogP contribution is 2.18. The summed E-state index contributed by atoms with van der Waals surface area (Å²) >= 11 is 0. The SMILES string of the molecule is CC(C)C(C)CS(=O)(=O)OS(=O)(=O)CC(C)C(C)C. The van der Waals surface area contributed by atoms with Crippen molar-refractivity contribution in [3.8, 4) is 0 Å². The van der Waals surface area contributed by atoms with Gasteiger partial charge in [0.1, 0.15) is 0 Å². The quantitative estimate of drug-likeness (QED) is 0.686. The topological polar surface area (TPSA) is 77.5 Å². The van der Waals surface area contributed by atoms with Crippen LogP contribution in [-0.4, -0.2) is 28.3 Å². The summed E-state index contributed by atoms with van der Waals surface area (Å²) in [6, 6.07) is 0. The second-order valence-corrected chi connectivity index (χ2v) is 9.40. The van der Waals surface area contributed by atoms with Crippen LogP contribution in [-0.2, 0) is 23.9 Å². The summed E-state index contributed by atoms with van der Waals surface area (Å²) in [5.41, 5.74) is 0. The van der Waals surface area contributed by atoms with Crippen molar-refractivity contribution in [2.24, 2.45) is 23.7 Å². The molecule has 116 valence electrons. The molecule has 0 heterocycles. The molecular weight excluding hydrogens is 288 g/mol. The first kappa shape index (κ1) is 18.9. The van der Waals surface area contributed by atoms with Crippen LogP contribution in [0.1, 0.15) is 41.5 Å². The molecule has 0 bridgehead atoms. The summed E-state index contributed by atoms with van der Waals surface area (Å²) < 4.78 is 51.3. The largest absolute Gasteiger partial charge is 0.282 e. The molecule has 0 fully saturated rings. The molecular formula is C12H26O5S2. The summed E-state index contributed by atoms with van der Waals surface area (Å²) in [5, 5.41) is 0. The summed E-state index contributed by atoms with van der Waals surface area (Å²) in [7, 11) is -8.09. The van der Waals surface area contributed by atoms with Crippen molar-refractivity contribution in [3.63, 3.8) is 0 Å². The number of hydrogen-bond donors (Lipinski definition) is 0. The minimum absolute atomic E-state index is 0.149. The van der Waals surface area contributed by atoms with Crippen LogP contribution in [0.3, 0.4) is 0 Å². The van der Waals surface area contributed by atoms with E-state index in [2.05, 4.69) is 3.63 Å². The van der Waals surface area contributed by atoms with Crippen LogP contribution in [0.15, 0.2) is 0 Å². The zero-order valence-electron chi connectivity index (χ0n) is 12.6. The van der Waals surface area contributed by atoms with Crippen molar-refractivity contribution in [3.05, 3.63) is 0 Å². The first-order valence-electron chi connectivity index (χ1n) is 6.52. The van der Waals surface area contributed by atoms with E-state index in [9.17, 15) is 16.8 Å². The van der Waals surface area contributed by atoms with E-state index in [0.717, 1.165) is 0 Å². The Bertz CT molecular complexity index is 418. The Labute approximate surface area is 118 Å². The second-order valence-electron chi connectivity index (χ2n) is 5.96. The van der Waals surface area contributed by atoms with Crippen LogP contribution >= 0.6 is 0 Å². The van der Waals surface area contributed by atoms with Crippen LogP contribution < -0.4 is 0 Å². The van der Waals surface area contributed by atoms with Gasteiger partial charge in [-0.25, -0.2) is 0 Å². The highest BCUT2D eigenvalue weighted by molar-refractivity contribution is 7.99. The molecule has 0 saturated heterocycles. The van der Waals surface area contributed by atoms with Crippen molar-refractivity contribution < 1.29 is 20.5 Å². The summed E-state index contributed by atoms with van der Waals surface area (Å²) in [6.45, 7) is 11.1. The minimum atomic E-state index is -4.04. The molecule has 0 spiro atoms. The van der Waals surface area contributed by atoms with Crippen molar-refractivity contribution in [1.29, 1.82) is 0 Å². The Morgan fingerprint density at radius 2 is 0.947 bits per heavy atom. The Morgan fingerprint density at radius 3 is 1.16 bits per heavy atom. The van der Waals surface area contributed by atoms with E-state index in [1.807, 2.05) is 27.7 Å². The molecule has 0 aromatic rings. The predicted molar refractivity (Wildman–Crippen MR) is 76.7 cm³/mol. The standard InChI is InChI=1S/C12H26O5S2/c1-9(2)11(5)7-18(13,14)17-19(15,16)8-12(6)10(3)4/h9-12H,7-8H2,1-6H3. The fourth-order valence-corrected chi connectivity index (χ4v) is 5.01. The molecule has 0 aliphatic rings. The zero-order chi connectivity index (χ0) is 15.4. The maximum atomic E-state index is 11.7. The maximum Gasteiger partial charge on any atom is 0.282 e. The van der Waals surface area contributed by atoms with Gasteiger partial charge in [0.15, 0.2) is 0 Å². The zero-order valence-corrected chi connectivity index (χ0v) is 14.2. The lowest BCUT2D eigenvalue weighted by Crippen LogP contribution is -2.26. The van der Waals surface area contributed by atoms with Gasteiger partial charge in [0.25, 0.3) is 20.2 Å². The maximum absolute atomic E-state index is 11.7. The van der Waals surface area contributed by atoms with Crippen LogP contribution in [0.4, 0.5) is 0 Å². The average molecular weight is 314 g/mol. The third-order valence-corrected chi connectivity index (χ3v) is 6.94. The normalized spacial score (nSPS) is 16.8. The van der Waals surface area contributed by atoms with E-state index in [1.165, 1.54) is 0 Å². The molecule has 2 atom stereocenters. The second kappa shape index (κ2) is 7.04. The van der Waals surface area contributed by atoms with Gasteiger partial charge in [-0.15, -0.1) is 3.63 Å². The monoisotopic (exact) mass is 314 g/mol. The van der Waals surface area contributed by atoms with Gasteiger partial charge in [0.05, 0.1) is 11.5 Å².